The Morgan fingerprint density at radius 3 is 2.50 bits per heavy atom. The molecule has 1 aromatic rings. The van der Waals surface area contributed by atoms with Gasteiger partial charge in [-0.05, 0) is 0 Å². The SMILES string of the molecule is C=C[C-]=C(/C=C\C)C(=O)c1[c-]cccc1.CC.[Y]. The number of hydrogen-bond acceptors (Lipinski definition) is 1. The third kappa shape index (κ3) is 6.83. The number of ketones is 1. The van der Waals surface area contributed by atoms with Crippen LogP contribution >= 0.6 is 0 Å². The van der Waals surface area contributed by atoms with Gasteiger partial charge in [0.1, 0.15) is 0 Å². The van der Waals surface area contributed by atoms with Gasteiger partial charge in [-0.2, -0.15) is 12.7 Å². The molecular weight excluding hydrogens is 297 g/mol. The van der Waals surface area contributed by atoms with Gasteiger partial charge in [-0.25, -0.2) is 0 Å². The largest absolute Gasteiger partial charge is 0.348 e. The number of carbonyl (C=O) groups is 1. The molecule has 0 bridgehead atoms. The predicted molar refractivity (Wildman–Crippen MR) is 72.7 cm³/mol. The Kier molecular flexibility index (Phi) is 13.8. The molecule has 0 unspecified atom stereocenters. The molecule has 0 aliphatic carbocycles. The fourth-order valence-electron chi connectivity index (χ4n) is 1.15. The topological polar surface area (TPSA) is 17.1 Å². The van der Waals surface area contributed by atoms with E-state index in [2.05, 4.69) is 18.7 Å². The normalized spacial score (nSPS) is 10.1. The van der Waals surface area contributed by atoms with Gasteiger partial charge < -0.3 is 4.79 Å². The number of Topliss-reactive ketones (excluding diaryl/α,β-unsaturated/α-hetero) is 1. The van der Waals surface area contributed by atoms with Crippen molar-refractivity contribution < 1.29 is 37.5 Å². The van der Waals surface area contributed by atoms with Crippen molar-refractivity contribution in [3.05, 3.63) is 72.4 Å². The van der Waals surface area contributed by atoms with Gasteiger partial charge in [0.15, 0.2) is 0 Å². The van der Waals surface area contributed by atoms with Crippen molar-refractivity contribution in [2.45, 2.75) is 20.8 Å². The molecule has 0 saturated carbocycles. The number of hydrogen-bond donors (Lipinski definition) is 0. The summed E-state index contributed by atoms with van der Waals surface area (Å²) in [5, 5.41) is 0. The first kappa shape index (κ1) is 19.6. The van der Waals surface area contributed by atoms with E-state index in [1.54, 1.807) is 24.3 Å². The van der Waals surface area contributed by atoms with Crippen LogP contribution in [0.2, 0.25) is 0 Å². The maximum atomic E-state index is 11.9. The zero-order chi connectivity index (χ0) is 13.1. The summed E-state index contributed by atoms with van der Waals surface area (Å²) in [6.07, 6.45) is 7.80. The summed E-state index contributed by atoms with van der Waals surface area (Å²) < 4.78 is 0. The zero-order valence-electron chi connectivity index (χ0n) is 11.2. The molecule has 0 amide bonds. The van der Waals surface area contributed by atoms with Crippen molar-refractivity contribution in [3.63, 3.8) is 0 Å². The molecule has 0 spiro atoms. The van der Waals surface area contributed by atoms with Crippen LogP contribution in [0.4, 0.5) is 0 Å². The summed E-state index contributed by atoms with van der Waals surface area (Å²) in [6.45, 7) is 9.38. The molecule has 0 aliphatic heterocycles. The monoisotopic (exact) mass is 315 g/mol. The van der Waals surface area contributed by atoms with E-state index in [-0.39, 0.29) is 38.5 Å². The minimum Gasteiger partial charge on any atom is -0.348 e. The van der Waals surface area contributed by atoms with Crippen molar-refractivity contribution >= 4 is 5.78 Å². The second-order valence-corrected chi connectivity index (χ2v) is 2.87. The van der Waals surface area contributed by atoms with E-state index in [0.29, 0.717) is 11.1 Å². The number of benzene rings is 1. The van der Waals surface area contributed by atoms with Crippen molar-refractivity contribution in [2.24, 2.45) is 0 Å². The molecule has 0 aromatic heterocycles. The van der Waals surface area contributed by atoms with E-state index in [9.17, 15) is 4.79 Å². The Morgan fingerprint density at radius 1 is 1.39 bits per heavy atom. The fourth-order valence-corrected chi connectivity index (χ4v) is 1.15. The molecular formula is C16H18OY-2. The summed E-state index contributed by atoms with van der Waals surface area (Å²) in [6, 6.07) is 9.97. The molecule has 0 heterocycles. The Bertz CT molecular complexity index is 402. The van der Waals surface area contributed by atoms with Crippen LogP contribution in [0.15, 0.2) is 54.6 Å². The molecule has 0 atom stereocenters. The molecule has 1 nitrogen and oxygen atoms in total. The van der Waals surface area contributed by atoms with Gasteiger partial charge in [-0.15, -0.1) is 59.7 Å². The summed E-state index contributed by atoms with van der Waals surface area (Å²) in [5.41, 5.74) is 1.04. The second kappa shape index (κ2) is 12.7. The number of rotatable bonds is 4. The van der Waals surface area contributed by atoms with E-state index in [0.717, 1.165) is 0 Å². The summed E-state index contributed by atoms with van der Waals surface area (Å²) in [7, 11) is 0. The van der Waals surface area contributed by atoms with E-state index in [1.807, 2.05) is 32.9 Å². The third-order valence-electron chi connectivity index (χ3n) is 1.79. The van der Waals surface area contributed by atoms with Gasteiger partial charge in [0.05, 0.1) is 5.78 Å². The predicted octanol–water partition coefficient (Wildman–Crippen LogP) is 4.18. The molecule has 1 rings (SSSR count). The molecule has 0 aliphatic rings. The summed E-state index contributed by atoms with van der Waals surface area (Å²) >= 11 is 0. The number of allylic oxidation sites excluding steroid dienone is 5. The van der Waals surface area contributed by atoms with Crippen LogP contribution in [0.25, 0.3) is 0 Å². The van der Waals surface area contributed by atoms with Crippen LogP contribution in [0.1, 0.15) is 31.1 Å². The van der Waals surface area contributed by atoms with Crippen LogP contribution in [0, 0.1) is 12.1 Å². The van der Waals surface area contributed by atoms with E-state index in [4.69, 9.17) is 0 Å². The smallest absolute Gasteiger partial charge is 0.0895 e. The van der Waals surface area contributed by atoms with Crippen molar-refractivity contribution in [1.82, 2.24) is 0 Å². The van der Waals surface area contributed by atoms with Crippen LogP contribution < -0.4 is 0 Å². The summed E-state index contributed by atoms with van der Waals surface area (Å²) in [5.74, 6) is -0.0893. The van der Waals surface area contributed by atoms with Crippen molar-refractivity contribution in [1.29, 1.82) is 0 Å². The van der Waals surface area contributed by atoms with Gasteiger partial charge in [-0.3, -0.25) is 0 Å². The quantitative estimate of drug-likeness (QED) is 0.352. The minimum atomic E-state index is -0.0893. The molecule has 1 aromatic carbocycles. The Balaban J connectivity index is 0. The average molecular weight is 315 g/mol. The first-order chi connectivity index (χ1) is 8.29. The molecule has 1 radical (unpaired) electrons. The number of carbonyl (C=O) groups excluding carboxylic acids is 1. The molecule has 0 N–H and O–H groups in total. The van der Waals surface area contributed by atoms with Crippen LogP contribution in [0.3, 0.4) is 0 Å². The van der Waals surface area contributed by atoms with Crippen LogP contribution in [-0.2, 0) is 32.7 Å². The van der Waals surface area contributed by atoms with Crippen LogP contribution in [-0.4, -0.2) is 5.78 Å². The third-order valence-corrected chi connectivity index (χ3v) is 1.79. The minimum absolute atomic E-state index is 0. The van der Waals surface area contributed by atoms with Gasteiger partial charge in [-0.1, -0.05) is 20.8 Å². The Labute approximate surface area is 136 Å². The fraction of sp³-hybridized carbons (Fsp3) is 0.188. The zero-order valence-corrected chi connectivity index (χ0v) is 14.1. The maximum absolute atomic E-state index is 11.9. The van der Waals surface area contributed by atoms with E-state index < -0.39 is 0 Å². The van der Waals surface area contributed by atoms with Gasteiger partial charge in [0.25, 0.3) is 0 Å². The van der Waals surface area contributed by atoms with Crippen molar-refractivity contribution in [2.75, 3.05) is 0 Å². The van der Waals surface area contributed by atoms with Crippen molar-refractivity contribution in [3.8, 4) is 0 Å². The first-order valence-corrected chi connectivity index (χ1v) is 5.68. The Hall–Kier alpha value is -0.786. The van der Waals surface area contributed by atoms with Gasteiger partial charge in [0.2, 0.25) is 0 Å². The molecule has 18 heavy (non-hydrogen) atoms. The average Bonchev–Trinajstić information content (AvgIpc) is 2.41. The first-order valence-electron chi connectivity index (χ1n) is 5.68. The maximum Gasteiger partial charge on any atom is 0.0895 e. The van der Waals surface area contributed by atoms with E-state index in [1.165, 1.54) is 6.08 Å². The van der Waals surface area contributed by atoms with Gasteiger partial charge in [0, 0.05) is 32.7 Å². The van der Waals surface area contributed by atoms with E-state index >= 15 is 0 Å². The van der Waals surface area contributed by atoms with Gasteiger partial charge >= 0.3 is 0 Å². The standard InChI is InChI=1S/C14H12O.C2H6.Y/c1-3-8-12(9-4-2)14(15)13-10-6-5-7-11-13;1-2;/h3-7,9-10H,1H2,2H3;1-2H3;/q-2;;/b9-4-;;. The Morgan fingerprint density at radius 2 is 2.06 bits per heavy atom. The van der Waals surface area contributed by atoms with Crippen LogP contribution in [0.5, 0.6) is 0 Å². The molecule has 0 fully saturated rings. The molecule has 0 saturated heterocycles. The second-order valence-electron chi connectivity index (χ2n) is 2.87. The summed E-state index contributed by atoms with van der Waals surface area (Å²) in [4.78, 5) is 11.9. The molecule has 93 valence electrons. The molecule has 2 heteroatoms.